The zero-order chi connectivity index (χ0) is 11.6. The van der Waals surface area contributed by atoms with E-state index in [-0.39, 0.29) is 5.25 Å². The Labute approximate surface area is 98.4 Å². The lowest BCUT2D eigenvalue weighted by atomic mass is 10.0. The summed E-state index contributed by atoms with van der Waals surface area (Å²) >= 11 is 0. The van der Waals surface area contributed by atoms with Gasteiger partial charge in [0.1, 0.15) is 0 Å². The predicted octanol–water partition coefficient (Wildman–Crippen LogP) is 0.800. The Kier molecular flexibility index (Phi) is 3.87. The summed E-state index contributed by atoms with van der Waals surface area (Å²) in [6, 6.07) is 0. The van der Waals surface area contributed by atoms with Gasteiger partial charge in [0.25, 0.3) is 0 Å². The average Bonchev–Trinajstić information content (AvgIpc) is 2.30. The Hall–Kier alpha value is -0.130. The Morgan fingerprint density at radius 1 is 1.19 bits per heavy atom. The van der Waals surface area contributed by atoms with Crippen LogP contribution in [0.4, 0.5) is 0 Å². The maximum Gasteiger partial charge on any atom is 0.217 e. The van der Waals surface area contributed by atoms with Crippen LogP contribution in [0, 0.1) is 5.92 Å². The van der Waals surface area contributed by atoms with Crippen molar-refractivity contribution in [1.82, 2.24) is 9.62 Å². The van der Waals surface area contributed by atoms with Gasteiger partial charge >= 0.3 is 0 Å². The zero-order valence-electron chi connectivity index (χ0n) is 9.98. The number of rotatable bonds is 2. The van der Waals surface area contributed by atoms with Gasteiger partial charge in [-0.2, -0.15) is 0 Å². The number of hydrogen-bond acceptors (Lipinski definition) is 3. The molecule has 0 aliphatic carbocycles. The van der Waals surface area contributed by atoms with Gasteiger partial charge < -0.3 is 5.32 Å². The fraction of sp³-hybridized carbons (Fsp3) is 1.00. The smallest absolute Gasteiger partial charge is 0.217 e. The Morgan fingerprint density at radius 2 is 1.88 bits per heavy atom. The molecule has 2 saturated heterocycles. The third-order valence-corrected chi connectivity index (χ3v) is 6.05. The maximum absolute atomic E-state index is 12.4. The molecule has 0 aromatic carbocycles. The predicted molar refractivity (Wildman–Crippen MR) is 64.8 cm³/mol. The molecule has 0 aromatic rings. The molecule has 2 aliphatic heterocycles. The summed E-state index contributed by atoms with van der Waals surface area (Å²) in [4.78, 5) is 0. The van der Waals surface area contributed by atoms with Crippen molar-refractivity contribution in [3.8, 4) is 0 Å². The van der Waals surface area contributed by atoms with Crippen LogP contribution >= 0.6 is 0 Å². The topological polar surface area (TPSA) is 49.4 Å². The van der Waals surface area contributed by atoms with Crippen LogP contribution in [0.1, 0.15) is 32.6 Å². The van der Waals surface area contributed by atoms with E-state index in [1.54, 1.807) is 4.31 Å². The quantitative estimate of drug-likeness (QED) is 0.784. The summed E-state index contributed by atoms with van der Waals surface area (Å²) in [7, 11) is -3.02. The molecule has 0 bridgehead atoms. The lowest BCUT2D eigenvalue weighted by molar-refractivity contribution is 0.276. The number of sulfonamides is 1. The minimum Gasteiger partial charge on any atom is -0.317 e. The average molecular weight is 246 g/mol. The second-order valence-electron chi connectivity index (χ2n) is 5.10. The molecule has 2 heterocycles. The molecule has 2 aliphatic rings. The molecule has 5 heteroatoms. The molecule has 1 unspecified atom stereocenters. The molecule has 0 aromatic heterocycles. The number of hydrogen-bond donors (Lipinski definition) is 1. The van der Waals surface area contributed by atoms with Crippen LogP contribution in [0.2, 0.25) is 0 Å². The molecule has 16 heavy (non-hydrogen) atoms. The first-order chi connectivity index (χ1) is 7.60. The van der Waals surface area contributed by atoms with Crippen molar-refractivity contribution >= 4 is 10.0 Å². The van der Waals surface area contributed by atoms with Crippen molar-refractivity contribution in [2.75, 3.05) is 26.2 Å². The summed E-state index contributed by atoms with van der Waals surface area (Å²) in [6.07, 6.45) is 3.73. The largest absolute Gasteiger partial charge is 0.317 e. The Morgan fingerprint density at radius 3 is 2.50 bits per heavy atom. The third kappa shape index (κ3) is 2.57. The highest BCUT2D eigenvalue weighted by molar-refractivity contribution is 7.89. The summed E-state index contributed by atoms with van der Waals surface area (Å²) < 4.78 is 26.5. The SMILES string of the molecule is CC1CCCN(S(=O)(=O)C2CCNCC2)C1. The van der Waals surface area contributed by atoms with E-state index in [4.69, 9.17) is 0 Å². The molecular formula is C11H22N2O2S. The molecule has 0 saturated carbocycles. The standard InChI is InChI=1S/C11H22N2O2S/c1-10-3-2-8-13(9-10)16(14,15)11-4-6-12-7-5-11/h10-12H,2-9H2,1H3. The lowest BCUT2D eigenvalue weighted by Gasteiger charge is -2.34. The van der Waals surface area contributed by atoms with Crippen LogP contribution in [0.15, 0.2) is 0 Å². The van der Waals surface area contributed by atoms with Gasteiger partial charge in [-0.05, 0) is 44.7 Å². The second kappa shape index (κ2) is 5.02. The van der Waals surface area contributed by atoms with E-state index in [9.17, 15) is 8.42 Å². The lowest BCUT2D eigenvalue weighted by Crippen LogP contribution is -2.47. The third-order valence-electron chi connectivity index (χ3n) is 3.69. The highest BCUT2D eigenvalue weighted by Crippen LogP contribution is 2.24. The molecule has 0 radical (unpaired) electrons. The highest BCUT2D eigenvalue weighted by atomic mass is 32.2. The van der Waals surface area contributed by atoms with E-state index < -0.39 is 10.0 Å². The minimum atomic E-state index is -3.02. The van der Waals surface area contributed by atoms with Gasteiger partial charge in [0.15, 0.2) is 0 Å². The summed E-state index contributed by atoms with van der Waals surface area (Å²) in [6.45, 7) is 5.29. The van der Waals surface area contributed by atoms with Gasteiger partial charge in [0, 0.05) is 13.1 Å². The fourth-order valence-corrected chi connectivity index (χ4v) is 4.78. The molecule has 1 atom stereocenters. The van der Waals surface area contributed by atoms with Crippen LogP contribution in [-0.2, 0) is 10.0 Å². The van der Waals surface area contributed by atoms with Crippen molar-refractivity contribution in [2.24, 2.45) is 5.92 Å². The second-order valence-corrected chi connectivity index (χ2v) is 7.31. The van der Waals surface area contributed by atoms with Crippen molar-refractivity contribution < 1.29 is 8.42 Å². The monoisotopic (exact) mass is 246 g/mol. The van der Waals surface area contributed by atoms with Crippen LogP contribution in [0.5, 0.6) is 0 Å². The maximum atomic E-state index is 12.4. The van der Waals surface area contributed by atoms with Crippen molar-refractivity contribution in [3.05, 3.63) is 0 Å². The zero-order valence-corrected chi connectivity index (χ0v) is 10.8. The van der Waals surface area contributed by atoms with E-state index in [1.165, 1.54) is 0 Å². The van der Waals surface area contributed by atoms with E-state index >= 15 is 0 Å². The fourth-order valence-electron chi connectivity index (χ4n) is 2.68. The van der Waals surface area contributed by atoms with Gasteiger partial charge in [-0.15, -0.1) is 0 Å². The van der Waals surface area contributed by atoms with Crippen molar-refractivity contribution in [2.45, 2.75) is 37.9 Å². The molecule has 0 amide bonds. The van der Waals surface area contributed by atoms with Crippen molar-refractivity contribution in [1.29, 1.82) is 0 Å². The summed E-state index contributed by atoms with van der Waals surface area (Å²) in [5.74, 6) is 0.519. The van der Waals surface area contributed by atoms with Gasteiger partial charge in [-0.25, -0.2) is 12.7 Å². The summed E-state index contributed by atoms with van der Waals surface area (Å²) in [5, 5.41) is 3.08. The summed E-state index contributed by atoms with van der Waals surface area (Å²) in [5.41, 5.74) is 0. The molecule has 0 spiro atoms. The van der Waals surface area contributed by atoms with Crippen LogP contribution in [0.3, 0.4) is 0 Å². The first-order valence-corrected chi connectivity index (χ1v) is 7.80. The first kappa shape index (κ1) is 12.3. The van der Waals surface area contributed by atoms with Gasteiger partial charge in [0.05, 0.1) is 5.25 Å². The van der Waals surface area contributed by atoms with E-state index in [0.717, 1.165) is 51.9 Å². The Bertz CT molecular complexity index is 323. The molecule has 2 fully saturated rings. The number of piperidine rings is 2. The number of nitrogens with zero attached hydrogens (tertiary/aromatic N) is 1. The minimum absolute atomic E-state index is 0.140. The van der Waals surface area contributed by atoms with Crippen LogP contribution in [-0.4, -0.2) is 44.2 Å². The molecule has 1 N–H and O–H groups in total. The van der Waals surface area contributed by atoms with Gasteiger partial charge in [0.2, 0.25) is 10.0 Å². The Balaban J connectivity index is 2.05. The van der Waals surface area contributed by atoms with E-state index in [0.29, 0.717) is 5.92 Å². The first-order valence-electron chi connectivity index (χ1n) is 6.30. The number of nitrogens with one attached hydrogen (secondary N) is 1. The molecule has 4 nitrogen and oxygen atoms in total. The normalized spacial score (nSPS) is 30.4. The van der Waals surface area contributed by atoms with Crippen molar-refractivity contribution in [3.63, 3.8) is 0 Å². The van der Waals surface area contributed by atoms with Gasteiger partial charge in [-0.1, -0.05) is 6.92 Å². The highest BCUT2D eigenvalue weighted by Gasteiger charge is 2.34. The van der Waals surface area contributed by atoms with E-state index in [2.05, 4.69) is 12.2 Å². The molecule has 94 valence electrons. The van der Waals surface area contributed by atoms with Gasteiger partial charge in [-0.3, -0.25) is 0 Å². The van der Waals surface area contributed by atoms with Crippen LogP contribution < -0.4 is 5.32 Å². The van der Waals surface area contributed by atoms with E-state index in [1.807, 2.05) is 0 Å². The van der Waals surface area contributed by atoms with Crippen LogP contribution in [0.25, 0.3) is 0 Å². The molecular weight excluding hydrogens is 224 g/mol. The molecule has 2 rings (SSSR count).